The molecule has 1 N–H and O–H groups in total. The highest BCUT2D eigenvalue weighted by Crippen LogP contribution is 2.11. The van der Waals surface area contributed by atoms with Gasteiger partial charge >= 0.3 is 0 Å². The third kappa shape index (κ3) is 7.25. The van der Waals surface area contributed by atoms with Gasteiger partial charge in [0.2, 0.25) is 0 Å². The Balaban J connectivity index is 2.12. The molecule has 19 heavy (non-hydrogen) atoms. The number of nitrogens with zero attached hydrogens (tertiary/aromatic N) is 2. The molecule has 0 saturated carbocycles. The number of likely N-dealkylation sites (N-methyl/N-ethyl adjacent to an activating group) is 1. The van der Waals surface area contributed by atoms with Crippen molar-refractivity contribution >= 4 is 0 Å². The van der Waals surface area contributed by atoms with Crippen LogP contribution in [-0.2, 0) is 4.74 Å². The van der Waals surface area contributed by atoms with Gasteiger partial charge in [0.15, 0.2) is 0 Å². The van der Waals surface area contributed by atoms with Gasteiger partial charge in [0, 0.05) is 38.9 Å². The van der Waals surface area contributed by atoms with E-state index in [0.717, 1.165) is 38.8 Å². The highest BCUT2D eigenvalue weighted by Gasteiger charge is 2.20. The summed E-state index contributed by atoms with van der Waals surface area (Å²) in [5.41, 5.74) is 0. The van der Waals surface area contributed by atoms with E-state index < -0.39 is 0 Å². The van der Waals surface area contributed by atoms with Crippen LogP contribution in [0, 0.1) is 0 Å². The molecule has 1 atom stereocenters. The van der Waals surface area contributed by atoms with E-state index in [4.69, 9.17) is 4.74 Å². The van der Waals surface area contributed by atoms with Crippen LogP contribution in [-0.4, -0.2) is 75.4 Å². The van der Waals surface area contributed by atoms with E-state index >= 15 is 0 Å². The van der Waals surface area contributed by atoms with Crippen LogP contribution in [0.15, 0.2) is 0 Å². The number of rotatable bonds is 9. The second kappa shape index (κ2) is 10.6. The summed E-state index contributed by atoms with van der Waals surface area (Å²) < 4.78 is 5.34. The summed E-state index contributed by atoms with van der Waals surface area (Å²) >= 11 is 0. The van der Waals surface area contributed by atoms with E-state index in [2.05, 4.69) is 36.0 Å². The lowest BCUT2D eigenvalue weighted by molar-refractivity contribution is 0.143. The molecule has 0 spiro atoms. The first-order valence-electron chi connectivity index (χ1n) is 7.99. The molecule has 1 saturated heterocycles. The molecule has 0 radical (unpaired) electrons. The number of hydrogen-bond donors (Lipinski definition) is 1. The summed E-state index contributed by atoms with van der Waals surface area (Å²) in [5.74, 6) is 0. The van der Waals surface area contributed by atoms with Crippen molar-refractivity contribution in [3.8, 4) is 0 Å². The van der Waals surface area contributed by atoms with E-state index in [0.29, 0.717) is 0 Å². The first-order valence-corrected chi connectivity index (χ1v) is 7.99. The fourth-order valence-corrected chi connectivity index (χ4v) is 2.77. The topological polar surface area (TPSA) is 27.7 Å². The van der Waals surface area contributed by atoms with Crippen LogP contribution in [0.3, 0.4) is 0 Å². The zero-order valence-electron chi connectivity index (χ0n) is 13.2. The Morgan fingerprint density at radius 1 is 1.21 bits per heavy atom. The van der Waals surface area contributed by atoms with Crippen LogP contribution in [0.1, 0.15) is 33.1 Å². The van der Waals surface area contributed by atoms with Crippen molar-refractivity contribution in [1.29, 1.82) is 0 Å². The Morgan fingerprint density at radius 3 is 2.79 bits per heavy atom. The number of hydrogen-bond acceptors (Lipinski definition) is 4. The van der Waals surface area contributed by atoms with Crippen LogP contribution in [0.2, 0.25) is 0 Å². The van der Waals surface area contributed by atoms with Gasteiger partial charge in [-0.1, -0.05) is 6.92 Å². The average molecular weight is 271 g/mol. The summed E-state index contributed by atoms with van der Waals surface area (Å²) in [6.45, 7) is 13.2. The minimum absolute atomic E-state index is 0.734. The van der Waals surface area contributed by atoms with Gasteiger partial charge in [0.25, 0.3) is 0 Å². The number of ether oxygens (including phenoxy) is 1. The van der Waals surface area contributed by atoms with Crippen molar-refractivity contribution in [2.24, 2.45) is 0 Å². The minimum atomic E-state index is 0.734. The van der Waals surface area contributed by atoms with Gasteiger partial charge in [0.05, 0.1) is 0 Å². The first kappa shape index (κ1) is 16.9. The lowest BCUT2D eigenvalue weighted by atomic mass is 10.2. The molecule has 4 nitrogen and oxygen atoms in total. The Kier molecular flexibility index (Phi) is 9.43. The maximum atomic E-state index is 5.34. The Labute approximate surface area is 119 Å². The molecule has 1 heterocycles. The second-order valence-corrected chi connectivity index (χ2v) is 5.51. The van der Waals surface area contributed by atoms with Crippen LogP contribution in [0.25, 0.3) is 0 Å². The number of nitrogens with one attached hydrogen (secondary N) is 1. The van der Waals surface area contributed by atoms with Crippen molar-refractivity contribution in [1.82, 2.24) is 15.1 Å². The van der Waals surface area contributed by atoms with Crippen LogP contribution in [0.5, 0.6) is 0 Å². The molecule has 4 heteroatoms. The quantitative estimate of drug-likeness (QED) is 0.642. The van der Waals surface area contributed by atoms with E-state index in [-0.39, 0.29) is 0 Å². The van der Waals surface area contributed by atoms with Crippen LogP contribution >= 0.6 is 0 Å². The summed E-state index contributed by atoms with van der Waals surface area (Å²) in [6.07, 6.45) is 3.68. The van der Waals surface area contributed by atoms with Gasteiger partial charge in [0.1, 0.15) is 0 Å². The van der Waals surface area contributed by atoms with E-state index in [9.17, 15) is 0 Å². The zero-order valence-corrected chi connectivity index (χ0v) is 13.2. The molecular weight excluding hydrogens is 238 g/mol. The molecule has 1 fully saturated rings. The zero-order chi connectivity index (χ0) is 13.9. The normalized spacial score (nSPS) is 22.6. The summed E-state index contributed by atoms with van der Waals surface area (Å²) in [5, 5.41) is 3.53. The molecule has 0 bridgehead atoms. The van der Waals surface area contributed by atoms with Gasteiger partial charge in [-0.15, -0.1) is 0 Å². The molecule has 1 unspecified atom stereocenters. The monoisotopic (exact) mass is 271 g/mol. The summed E-state index contributed by atoms with van der Waals surface area (Å²) in [4.78, 5) is 5.14. The fourth-order valence-electron chi connectivity index (χ4n) is 2.77. The molecule has 0 aliphatic carbocycles. The third-order valence-corrected chi connectivity index (χ3v) is 3.92. The minimum Gasteiger partial charge on any atom is -0.382 e. The van der Waals surface area contributed by atoms with Crippen molar-refractivity contribution in [2.75, 3.05) is 59.5 Å². The first-order chi connectivity index (χ1) is 9.27. The van der Waals surface area contributed by atoms with Crippen molar-refractivity contribution in [2.45, 2.75) is 39.2 Å². The van der Waals surface area contributed by atoms with E-state index in [1.807, 2.05) is 0 Å². The fraction of sp³-hybridized carbons (Fsp3) is 1.00. The Morgan fingerprint density at radius 2 is 2.05 bits per heavy atom. The Hall–Kier alpha value is -0.160. The predicted molar refractivity (Wildman–Crippen MR) is 81.7 cm³/mol. The van der Waals surface area contributed by atoms with Crippen molar-refractivity contribution in [3.05, 3.63) is 0 Å². The summed E-state index contributed by atoms with van der Waals surface area (Å²) in [6, 6.07) is 0.734. The molecule has 1 aliphatic heterocycles. The van der Waals surface area contributed by atoms with Gasteiger partial charge in [-0.3, -0.25) is 4.90 Å². The summed E-state index contributed by atoms with van der Waals surface area (Å²) in [7, 11) is 2.25. The SMILES string of the molecule is CCOCCCNCCN1CCCN(C)CC1CC. The third-order valence-electron chi connectivity index (χ3n) is 3.92. The predicted octanol–water partition coefficient (Wildman–Crippen LogP) is 1.42. The maximum absolute atomic E-state index is 5.34. The van der Waals surface area contributed by atoms with Gasteiger partial charge in [-0.05, 0) is 52.9 Å². The highest BCUT2D eigenvalue weighted by atomic mass is 16.5. The highest BCUT2D eigenvalue weighted by molar-refractivity contribution is 4.78. The molecule has 0 aromatic heterocycles. The van der Waals surface area contributed by atoms with Gasteiger partial charge in [-0.25, -0.2) is 0 Å². The molecule has 0 amide bonds. The lowest BCUT2D eigenvalue weighted by Crippen LogP contribution is -2.43. The largest absolute Gasteiger partial charge is 0.382 e. The van der Waals surface area contributed by atoms with E-state index in [1.54, 1.807) is 0 Å². The molecule has 0 aromatic rings. The molecule has 1 rings (SSSR count). The van der Waals surface area contributed by atoms with Crippen LogP contribution < -0.4 is 5.32 Å². The molecule has 114 valence electrons. The van der Waals surface area contributed by atoms with Crippen LogP contribution in [0.4, 0.5) is 0 Å². The maximum Gasteiger partial charge on any atom is 0.0477 e. The van der Waals surface area contributed by atoms with Gasteiger partial charge in [-0.2, -0.15) is 0 Å². The second-order valence-electron chi connectivity index (χ2n) is 5.51. The van der Waals surface area contributed by atoms with Crippen molar-refractivity contribution < 1.29 is 4.74 Å². The molecule has 0 aromatic carbocycles. The standard InChI is InChI=1S/C15H33N3O/c1-4-15-14-17(3)10-7-11-18(15)12-9-16-8-6-13-19-5-2/h15-16H,4-14H2,1-3H3. The lowest BCUT2D eigenvalue weighted by Gasteiger charge is -2.30. The molecular formula is C15H33N3O. The van der Waals surface area contributed by atoms with Gasteiger partial charge < -0.3 is 15.0 Å². The smallest absolute Gasteiger partial charge is 0.0477 e. The average Bonchev–Trinajstić information content (AvgIpc) is 2.59. The van der Waals surface area contributed by atoms with E-state index in [1.165, 1.54) is 39.0 Å². The molecule has 1 aliphatic rings. The Bertz CT molecular complexity index is 214. The van der Waals surface area contributed by atoms with Crippen molar-refractivity contribution in [3.63, 3.8) is 0 Å².